The minimum absolute atomic E-state index is 0.191. The van der Waals surface area contributed by atoms with E-state index in [4.69, 9.17) is 4.74 Å². The van der Waals surface area contributed by atoms with E-state index in [2.05, 4.69) is 30.2 Å². The zero-order valence-electron chi connectivity index (χ0n) is 14.5. The maximum absolute atomic E-state index is 12.0. The molecule has 0 saturated carbocycles. The summed E-state index contributed by atoms with van der Waals surface area (Å²) in [5.74, 6) is 0.350. The van der Waals surface area contributed by atoms with Crippen LogP contribution in [0.1, 0.15) is 18.7 Å². The summed E-state index contributed by atoms with van der Waals surface area (Å²) in [6.07, 6.45) is 2.65. The lowest BCUT2D eigenvalue weighted by atomic mass is 10.2. The number of ether oxygens (including phenoxy) is 1. The Hall–Kier alpha value is -3.82. The normalized spacial score (nSPS) is 12.2. The minimum Gasteiger partial charge on any atom is -0.467 e. The zero-order valence-corrected chi connectivity index (χ0v) is 14.5. The number of hydrogen-bond acceptors (Lipinski definition) is 7. The standard InChI is InChI=1S/C17H15N7O3/c1-9(12-5-3-4-6-18-12)27-16-10-7-13(21-22-14(10)24(2)23-16)11-8-19-17(26)20-15(11)25/h3-9H,1-2H3,(H2,19,20,25,26)/t9-/m0/s1. The summed E-state index contributed by atoms with van der Waals surface area (Å²) in [5, 5.41) is 13.1. The van der Waals surface area contributed by atoms with Gasteiger partial charge in [-0.05, 0) is 25.1 Å². The van der Waals surface area contributed by atoms with Crippen LogP contribution >= 0.6 is 0 Å². The van der Waals surface area contributed by atoms with E-state index in [1.165, 1.54) is 6.20 Å². The first-order valence-electron chi connectivity index (χ1n) is 8.13. The van der Waals surface area contributed by atoms with Crippen molar-refractivity contribution in [2.75, 3.05) is 0 Å². The smallest absolute Gasteiger partial charge is 0.325 e. The molecule has 4 aromatic heterocycles. The fraction of sp³-hybridized carbons (Fsp3) is 0.176. The van der Waals surface area contributed by atoms with Crippen LogP contribution in [-0.2, 0) is 7.05 Å². The van der Waals surface area contributed by atoms with E-state index in [1.54, 1.807) is 24.0 Å². The molecule has 0 aliphatic carbocycles. The van der Waals surface area contributed by atoms with E-state index >= 15 is 0 Å². The molecule has 4 rings (SSSR count). The predicted molar refractivity (Wildman–Crippen MR) is 96.3 cm³/mol. The average molecular weight is 365 g/mol. The molecule has 0 aliphatic heterocycles. The van der Waals surface area contributed by atoms with Gasteiger partial charge in [-0.15, -0.1) is 15.3 Å². The molecule has 0 saturated heterocycles. The van der Waals surface area contributed by atoms with Crippen LogP contribution in [0.3, 0.4) is 0 Å². The lowest BCUT2D eigenvalue weighted by molar-refractivity contribution is 0.213. The largest absolute Gasteiger partial charge is 0.467 e. The highest BCUT2D eigenvalue weighted by Crippen LogP contribution is 2.28. The summed E-state index contributed by atoms with van der Waals surface area (Å²) < 4.78 is 7.51. The molecule has 10 nitrogen and oxygen atoms in total. The van der Waals surface area contributed by atoms with Gasteiger partial charge in [-0.1, -0.05) is 6.07 Å². The van der Waals surface area contributed by atoms with Crippen LogP contribution in [0, 0.1) is 0 Å². The number of aromatic amines is 2. The van der Waals surface area contributed by atoms with Crippen molar-refractivity contribution in [2.45, 2.75) is 13.0 Å². The van der Waals surface area contributed by atoms with Gasteiger partial charge in [-0.2, -0.15) is 0 Å². The monoisotopic (exact) mass is 365 g/mol. The van der Waals surface area contributed by atoms with Crippen LogP contribution in [-0.4, -0.2) is 34.9 Å². The summed E-state index contributed by atoms with van der Waals surface area (Å²) in [6.45, 7) is 1.87. The molecular weight excluding hydrogens is 350 g/mol. The summed E-state index contributed by atoms with van der Waals surface area (Å²) in [7, 11) is 1.72. The molecule has 27 heavy (non-hydrogen) atoms. The van der Waals surface area contributed by atoms with Gasteiger partial charge >= 0.3 is 5.69 Å². The molecule has 1 atom stereocenters. The second-order valence-electron chi connectivity index (χ2n) is 5.90. The number of pyridine rings is 1. The Morgan fingerprint density at radius 2 is 2.07 bits per heavy atom. The van der Waals surface area contributed by atoms with Crippen molar-refractivity contribution < 1.29 is 4.74 Å². The highest BCUT2D eigenvalue weighted by molar-refractivity contribution is 5.84. The quantitative estimate of drug-likeness (QED) is 0.550. The predicted octanol–water partition coefficient (Wildman–Crippen LogP) is 0.942. The average Bonchev–Trinajstić information content (AvgIpc) is 2.97. The number of H-pyrrole nitrogens is 2. The molecule has 0 spiro atoms. The highest BCUT2D eigenvalue weighted by Gasteiger charge is 2.18. The molecule has 0 bridgehead atoms. The van der Waals surface area contributed by atoms with E-state index in [1.807, 2.05) is 25.1 Å². The fourth-order valence-corrected chi connectivity index (χ4v) is 2.68. The van der Waals surface area contributed by atoms with Crippen LogP contribution in [0.15, 0.2) is 46.2 Å². The van der Waals surface area contributed by atoms with Gasteiger partial charge in [0.25, 0.3) is 5.56 Å². The third kappa shape index (κ3) is 3.08. The molecule has 0 aliphatic rings. The lowest BCUT2D eigenvalue weighted by Crippen LogP contribution is -2.22. The molecule has 0 aromatic carbocycles. The Labute approximate surface area is 151 Å². The van der Waals surface area contributed by atoms with Gasteiger partial charge in [-0.3, -0.25) is 14.8 Å². The lowest BCUT2D eigenvalue weighted by Gasteiger charge is -2.11. The third-order valence-corrected chi connectivity index (χ3v) is 4.04. The van der Waals surface area contributed by atoms with E-state index < -0.39 is 11.2 Å². The Kier molecular flexibility index (Phi) is 3.99. The third-order valence-electron chi connectivity index (χ3n) is 4.04. The van der Waals surface area contributed by atoms with Gasteiger partial charge in [0.2, 0.25) is 5.88 Å². The van der Waals surface area contributed by atoms with Crippen molar-refractivity contribution in [1.82, 2.24) is 34.9 Å². The van der Waals surface area contributed by atoms with Gasteiger partial charge in [0, 0.05) is 19.4 Å². The highest BCUT2D eigenvalue weighted by atomic mass is 16.5. The Balaban J connectivity index is 1.78. The molecule has 0 radical (unpaired) electrons. The first-order chi connectivity index (χ1) is 13.0. The zero-order chi connectivity index (χ0) is 19.0. The number of nitrogens with one attached hydrogen (secondary N) is 2. The Bertz CT molecular complexity index is 1230. The van der Waals surface area contributed by atoms with E-state index in [9.17, 15) is 9.59 Å². The number of fused-ring (bicyclic) bond motifs is 1. The summed E-state index contributed by atoms with van der Waals surface area (Å²) in [5.41, 5.74) is 0.603. The van der Waals surface area contributed by atoms with Crippen molar-refractivity contribution >= 4 is 11.0 Å². The number of aromatic nitrogens is 7. The second-order valence-corrected chi connectivity index (χ2v) is 5.90. The van der Waals surface area contributed by atoms with E-state index in [0.29, 0.717) is 22.6 Å². The minimum atomic E-state index is -0.590. The van der Waals surface area contributed by atoms with Gasteiger partial charge in [0.1, 0.15) is 11.8 Å². The molecule has 4 aromatic rings. The number of nitrogens with zero attached hydrogens (tertiary/aromatic N) is 5. The SMILES string of the molecule is C[C@H](Oc1nn(C)c2nnc(-c3c[nH]c(=O)[nH]c3=O)cc12)c1ccccn1. The summed E-state index contributed by atoms with van der Waals surface area (Å²) in [4.78, 5) is 32.1. The van der Waals surface area contributed by atoms with Crippen LogP contribution in [0.4, 0.5) is 0 Å². The van der Waals surface area contributed by atoms with E-state index in [0.717, 1.165) is 5.69 Å². The summed E-state index contributed by atoms with van der Waals surface area (Å²) in [6, 6.07) is 7.22. The van der Waals surface area contributed by atoms with Crippen molar-refractivity contribution in [3.05, 3.63) is 63.2 Å². The first kappa shape index (κ1) is 16.6. The Morgan fingerprint density at radius 1 is 1.22 bits per heavy atom. The van der Waals surface area contributed by atoms with Gasteiger partial charge in [0.05, 0.1) is 16.6 Å². The molecular formula is C17H15N7O3. The van der Waals surface area contributed by atoms with Crippen LogP contribution in [0.2, 0.25) is 0 Å². The first-order valence-corrected chi connectivity index (χ1v) is 8.13. The second kappa shape index (κ2) is 6.48. The number of aryl methyl sites for hydroxylation is 1. The molecule has 0 fully saturated rings. The molecule has 10 heteroatoms. The van der Waals surface area contributed by atoms with Crippen LogP contribution < -0.4 is 16.0 Å². The maximum Gasteiger partial charge on any atom is 0.325 e. The summed E-state index contributed by atoms with van der Waals surface area (Å²) >= 11 is 0. The van der Waals surface area contributed by atoms with E-state index in [-0.39, 0.29) is 11.7 Å². The van der Waals surface area contributed by atoms with Crippen LogP contribution in [0.25, 0.3) is 22.3 Å². The van der Waals surface area contributed by atoms with Crippen molar-refractivity contribution in [2.24, 2.45) is 7.05 Å². The number of rotatable bonds is 4. The van der Waals surface area contributed by atoms with Gasteiger partial charge in [-0.25, -0.2) is 9.48 Å². The van der Waals surface area contributed by atoms with Gasteiger partial charge in [0.15, 0.2) is 5.65 Å². The van der Waals surface area contributed by atoms with Crippen molar-refractivity contribution in [1.29, 1.82) is 0 Å². The maximum atomic E-state index is 12.0. The Morgan fingerprint density at radius 3 is 2.81 bits per heavy atom. The number of hydrogen-bond donors (Lipinski definition) is 2. The fourth-order valence-electron chi connectivity index (χ4n) is 2.68. The molecule has 2 N–H and O–H groups in total. The van der Waals surface area contributed by atoms with Crippen LogP contribution in [0.5, 0.6) is 5.88 Å². The van der Waals surface area contributed by atoms with Gasteiger partial charge < -0.3 is 9.72 Å². The molecule has 0 amide bonds. The topological polar surface area (TPSA) is 131 Å². The van der Waals surface area contributed by atoms with Crippen molar-refractivity contribution in [3.8, 4) is 17.1 Å². The molecule has 0 unspecified atom stereocenters. The van der Waals surface area contributed by atoms with Crippen molar-refractivity contribution in [3.63, 3.8) is 0 Å². The molecule has 136 valence electrons. The molecule has 4 heterocycles.